The number of benzene rings is 3. The highest BCUT2D eigenvalue weighted by Gasteiger charge is 2.30. The number of aliphatic hydroxyl groups excluding tert-OH is 1. The van der Waals surface area contributed by atoms with Crippen LogP contribution in [-0.4, -0.2) is 47.4 Å². The van der Waals surface area contributed by atoms with Crippen molar-refractivity contribution in [1.82, 2.24) is 5.32 Å². The molecule has 0 heterocycles. The molecule has 0 saturated heterocycles. The third-order valence-corrected chi connectivity index (χ3v) is 5.93. The molecule has 0 saturated carbocycles. The second-order valence-electron chi connectivity index (χ2n) is 8.28. The van der Waals surface area contributed by atoms with Crippen molar-refractivity contribution in [2.75, 3.05) is 18.5 Å². The van der Waals surface area contributed by atoms with Gasteiger partial charge >= 0.3 is 12.1 Å². The molecule has 0 bridgehead atoms. The normalized spacial score (nSPS) is 12.8. The number of amides is 2. The van der Waals surface area contributed by atoms with Gasteiger partial charge in [0.25, 0.3) is 0 Å². The third kappa shape index (κ3) is 5.67. The van der Waals surface area contributed by atoms with Gasteiger partial charge in [-0.1, -0.05) is 60.7 Å². The van der Waals surface area contributed by atoms with Crippen LogP contribution >= 0.6 is 0 Å². The van der Waals surface area contributed by atoms with E-state index in [0.717, 1.165) is 27.8 Å². The molecule has 1 atom stereocenters. The highest BCUT2D eigenvalue weighted by atomic mass is 16.5. The van der Waals surface area contributed by atoms with Crippen molar-refractivity contribution in [2.24, 2.45) is 0 Å². The lowest BCUT2D eigenvalue weighted by atomic mass is 9.98. The highest BCUT2D eigenvalue weighted by molar-refractivity contribution is 5.98. The first kappa shape index (κ1) is 24.0. The second-order valence-corrected chi connectivity index (χ2v) is 8.28. The first-order valence-corrected chi connectivity index (χ1v) is 11.3. The van der Waals surface area contributed by atoms with Gasteiger partial charge in [-0.15, -0.1) is 0 Å². The molecule has 1 unspecified atom stereocenters. The molecule has 0 radical (unpaired) electrons. The Morgan fingerprint density at radius 3 is 2.20 bits per heavy atom. The summed E-state index contributed by atoms with van der Waals surface area (Å²) in [6, 6.07) is 21.3. The first-order valence-electron chi connectivity index (χ1n) is 11.3. The summed E-state index contributed by atoms with van der Waals surface area (Å²) in [6.45, 7) is 0.00680. The Balaban J connectivity index is 1.41. The lowest BCUT2D eigenvalue weighted by molar-refractivity contribution is -0.139. The number of hydrogen-bond donors (Lipinski definition) is 4. The van der Waals surface area contributed by atoms with E-state index < -0.39 is 30.4 Å². The number of carboxylic acid groups (broad SMARTS) is 1. The summed E-state index contributed by atoms with van der Waals surface area (Å²) in [7, 11) is 0. The number of carbonyl (C=O) groups is 3. The number of alkyl carbamates (subject to hydrolysis) is 1. The minimum Gasteiger partial charge on any atom is -0.481 e. The van der Waals surface area contributed by atoms with Crippen molar-refractivity contribution in [3.05, 3.63) is 89.5 Å². The van der Waals surface area contributed by atoms with Gasteiger partial charge in [0.15, 0.2) is 0 Å². The minimum atomic E-state index is -1.33. The maximum Gasteiger partial charge on any atom is 0.407 e. The number of ether oxygens (including phenoxy) is 1. The summed E-state index contributed by atoms with van der Waals surface area (Å²) in [5.41, 5.74) is 5.51. The third-order valence-electron chi connectivity index (χ3n) is 5.93. The zero-order valence-corrected chi connectivity index (χ0v) is 18.9. The zero-order chi connectivity index (χ0) is 24.8. The average molecular weight is 475 g/mol. The zero-order valence-electron chi connectivity index (χ0n) is 18.9. The Morgan fingerprint density at radius 1 is 0.914 bits per heavy atom. The summed E-state index contributed by atoms with van der Waals surface area (Å²) in [4.78, 5) is 36.7. The molecule has 3 aromatic carbocycles. The molecule has 180 valence electrons. The topological polar surface area (TPSA) is 125 Å². The maximum atomic E-state index is 12.7. The molecule has 0 spiro atoms. The number of fused-ring (bicyclic) bond motifs is 3. The Bertz CT molecular complexity index is 1200. The van der Waals surface area contributed by atoms with Crippen molar-refractivity contribution in [2.45, 2.75) is 24.8 Å². The molecular formula is C27H26N2O6. The van der Waals surface area contributed by atoms with Crippen LogP contribution in [0.2, 0.25) is 0 Å². The Kier molecular flexibility index (Phi) is 7.42. The molecular weight excluding hydrogens is 448 g/mol. The molecule has 0 aliphatic heterocycles. The predicted molar refractivity (Wildman–Crippen MR) is 130 cm³/mol. The fraction of sp³-hybridized carbons (Fsp3) is 0.222. The van der Waals surface area contributed by atoms with Gasteiger partial charge in [0.05, 0.1) is 6.42 Å². The largest absolute Gasteiger partial charge is 0.481 e. The van der Waals surface area contributed by atoms with Gasteiger partial charge in [-0.2, -0.15) is 0 Å². The molecule has 0 aromatic heterocycles. The number of rotatable bonds is 9. The molecule has 2 amide bonds. The quantitative estimate of drug-likeness (QED) is 0.376. The van der Waals surface area contributed by atoms with Crippen LogP contribution in [-0.2, 0) is 20.7 Å². The van der Waals surface area contributed by atoms with E-state index in [1.165, 1.54) is 0 Å². The van der Waals surface area contributed by atoms with Gasteiger partial charge in [-0.25, -0.2) is 4.79 Å². The van der Waals surface area contributed by atoms with Crippen molar-refractivity contribution in [1.29, 1.82) is 0 Å². The van der Waals surface area contributed by atoms with E-state index in [0.29, 0.717) is 12.1 Å². The summed E-state index contributed by atoms with van der Waals surface area (Å²) >= 11 is 0. The maximum absolute atomic E-state index is 12.7. The number of carbonyl (C=O) groups excluding carboxylic acids is 2. The fourth-order valence-electron chi connectivity index (χ4n) is 4.33. The van der Waals surface area contributed by atoms with Crippen molar-refractivity contribution in [3.63, 3.8) is 0 Å². The Labute approximate surface area is 202 Å². The number of hydrogen-bond acceptors (Lipinski definition) is 5. The fourth-order valence-corrected chi connectivity index (χ4v) is 4.33. The van der Waals surface area contributed by atoms with Crippen LogP contribution in [0.4, 0.5) is 10.5 Å². The van der Waals surface area contributed by atoms with Crippen LogP contribution in [0.3, 0.4) is 0 Å². The molecule has 0 fully saturated rings. The van der Waals surface area contributed by atoms with E-state index >= 15 is 0 Å². The number of aliphatic hydroxyl groups is 1. The van der Waals surface area contributed by atoms with E-state index in [9.17, 15) is 19.5 Å². The highest BCUT2D eigenvalue weighted by Crippen LogP contribution is 2.44. The number of carboxylic acids is 1. The van der Waals surface area contributed by atoms with Crippen molar-refractivity contribution < 1.29 is 29.3 Å². The van der Waals surface area contributed by atoms with Gasteiger partial charge in [0, 0.05) is 18.2 Å². The van der Waals surface area contributed by atoms with Crippen molar-refractivity contribution >= 4 is 23.7 Å². The van der Waals surface area contributed by atoms with Gasteiger partial charge in [0.1, 0.15) is 12.6 Å². The van der Waals surface area contributed by atoms with E-state index in [2.05, 4.69) is 10.6 Å². The molecule has 8 nitrogen and oxygen atoms in total. The van der Waals surface area contributed by atoms with Gasteiger partial charge in [-0.05, 0) is 46.4 Å². The molecule has 8 heteroatoms. The summed E-state index contributed by atoms with van der Waals surface area (Å²) < 4.78 is 5.45. The summed E-state index contributed by atoms with van der Waals surface area (Å²) in [5, 5.41) is 23.4. The van der Waals surface area contributed by atoms with E-state index in [4.69, 9.17) is 9.84 Å². The Hall–Kier alpha value is -4.17. The van der Waals surface area contributed by atoms with Crippen LogP contribution in [0.25, 0.3) is 11.1 Å². The molecule has 4 rings (SSSR count). The number of nitrogens with one attached hydrogen (secondary N) is 2. The van der Waals surface area contributed by atoms with Crippen LogP contribution < -0.4 is 10.6 Å². The second kappa shape index (κ2) is 10.8. The standard InChI is InChI=1S/C27H26N2O6/c30-13-12-17-6-5-7-18(14-17)28-26(33)24(15-25(31)32)29-27(34)35-16-23-21-10-3-1-8-19(21)20-9-2-4-11-22(20)23/h1-11,14,23-24,30H,12-13,15-16H2,(H,28,33)(H,29,34)(H,31,32). The smallest absolute Gasteiger partial charge is 0.407 e. The number of anilines is 1. The van der Waals surface area contributed by atoms with Crippen LogP contribution in [0.15, 0.2) is 72.8 Å². The lowest BCUT2D eigenvalue weighted by Crippen LogP contribution is -2.45. The van der Waals surface area contributed by atoms with Crippen molar-refractivity contribution in [3.8, 4) is 11.1 Å². The van der Waals surface area contributed by atoms with Gasteiger partial charge in [-0.3, -0.25) is 9.59 Å². The lowest BCUT2D eigenvalue weighted by Gasteiger charge is -2.19. The molecule has 35 heavy (non-hydrogen) atoms. The molecule has 1 aliphatic rings. The van der Waals surface area contributed by atoms with Crippen LogP contribution in [0.5, 0.6) is 0 Å². The monoisotopic (exact) mass is 474 g/mol. The summed E-state index contributed by atoms with van der Waals surface area (Å²) in [5.74, 6) is -2.07. The van der Waals surface area contributed by atoms with E-state index in [1.807, 2.05) is 48.5 Å². The SMILES string of the molecule is O=C(O)CC(NC(=O)OCC1c2ccccc2-c2ccccc21)C(=O)Nc1cccc(CCO)c1. The Morgan fingerprint density at radius 2 is 1.57 bits per heavy atom. The molecule has 1 aliphatic carbocycles. The van der Waals surface area contributed by atoms with Gasteiger partial charge in [0.2, 0.25) is 5.91 Å². The van der Waals surface area contributed by atoms with Crippen LogP contribution in [0.1, 0.15) is 29.0 Å². The van der Waals surface area contributed by atoms with Crippen LogP contribution in [0, 0.1) is 0 Å². The number of aliphatic carboxylic acids is 1. The minimum absolute atomic E-state index is 0.0393. The van der Waals surface area contributed by atoms with Gasteiger partial charge < -0.3 is 25.6 Å². The predicted octanol–water partition coefficient (Wildman–Crippen LogP) is 3.54. The van der Waals surface area contributed by atoms with E-state index in [-0.39, 0.29) is 19.1 Å². The average Bonchev–Trinajstić information content (AvgIpc) is 3.16. The first-order chi connectivity index (χ1) is 17.0. The van der Waals surface area contributed by atoms with E-state index in [1.54, 1.807) is 24.3 Å². The summed E-state index contributed by atoms with van der Waals surface area (Å²) in [6.07, 6.45) is -1.06. The molecule has 4 N–H and O–H groups in total. The molecule has 3 aromatic rings.